The van der Waals surface area contributed by atoms with Gasteiger partial charge in [0.1, 0.15) is 6.61 Å². The second-order valence-electron chi connectivity index (χ2n) is 6.41. The van der Waals surface area contributed by atoms with Gasteiger partial charge in [0.25, 0.3) is 0 Å². The first-order valence-electron chi connectivity index (χ1n) is 8.89. The van der Waals surface area contributed by atoms with Gasteiger partial charge in [0.2, 0.25) is 0 Å². The van der Waals surface area contributed by atoms with E-state index < -0.39 is 0 Å². The van der Waals surface area contributed by atoms with Crippen molar-refractivity contribution in [1.82, 2.24) is 10.2 Å². The van der Waals surface area contributed by atoms with Crippen LogP contribution in [0.4, 0.5) is 4.79 Å². The maximum absolute atomic E-state index is 12.6. The monoisotopic (exact) mass is 326 g/mol. The summed E-state index contributed by atoms with van der Waals surface area (Å²) >= 11 is 0. The second-order valence-corrected chi connectivity index (χ2v) is 6.41. The molecule has 0 aliphatic carbocycles. The summed E-state index contributed by atoms with van der Waals surface area (Å²) in [4.78, 5) is 14.5. The van der Waals surface area contributed by atoms with Crippen LogP contribution in [0.15, 0.2) is 42.5 Å². The topological polar surface area (TPSA) is 41.6 Å². The van der Waals surface area contributed by atoms with E-state index in [4.69, 9.17) is 4.74 Å². The van der Waals surface area contributed by atoms with Crippen LogP contribution in [0.3, 0.4) is 0 Å². The zero-order valence-corrected chi connectivity index (χ0v) is 14.3. The Kier molecular flexibility index (Phi) is 5.70. The van der Waals surface area contributed by atoms with Crippen LogP contribution in [-0.2, 0) is 11.3 Å². The molecule has 1 amide bonds. The van der Waals surface area contributed by atoms with Crippen LogP contribution in [0.25, 0.3) is 10.8 Å². The summed E-state index contributed by atoms with van der Waals surface area (Å²) in [6.07, 6.45) is 2.78. The van der Waals surface area contributed by atoms with Gasteiger partial charge >= 0.3 is 6.09 Å². The Balaban J connectivity index is 1.63. The van der Waals surface area contributed by atoms with E-state index in [0.717, 1.165) is 44.5 Å². The molecular weight excluding hydrogens is 300 g/mol. The standard InChI is InChI=1S/C20H26N2O2/c1-2-13-22(19-9-11-21-12-10-19)20(23)24-15-16-7-8-17-5-3-4-6-18(17)14-16/h3-8,14,19,21H,2,9-13,15H2,1H3. The molecule has 0 atom stereocenters. The van der Waals surface area contributed by atoms with E-state index in [1.165, 1.54) is 10.8 Å². The molecule has 1 heterocycles. The van der Waals surface area contributed by atoms with E-state index in [2.05, 4.69) is 36.5 Å². The van der Waals surface area contributed by atoms with Gasteiger partial charge in [-0.05, 0) is 54.8 Å². The fraction of sp³-hybridized carbons (Fsp3) is 0.450. The van der Waals surface area contributed by atoms with Gasteiger partial charge < -0.3 is 15.0 Å². The first kappa shape index (κ1) is 16.8. The molecule has 1 aliphatic heterocycles. The molecule has 24 heavy (non-hydrogen) atoms. The van der Waals surface area contributed by atoms with E-state index in [1.54, 1.807) is 0 Å². The van der Waals surface area contributed by atoms with Gasteiger partial charge in [-0.1, -0.05) is 43.3 Å². The zero-order valence-electron chi connectivity index (χ0n) is 14.3. The van der Waals surface area contributed by atoms with E-state index in [1.807, 2.05) is 23.1 Å². The Labute approximate surface area is 143 Å². The van der Waals surface area contributed by atoms with Crippen molar-refractivity contribution in [3.05, 3.63) is 48.0 Å². The third kappa shape index (κ3) is 4.06. The van der Waals surface area contributed by atoms with Crippen molar-refractivity contribution in [1.29, 1.82) is 0 Å². The van der Waals surface area contributed by atoms with Crippen LogP contribution >= 0.6 is 0 Å². The summed E-state index contributed by atoms with van der Waals surface area (Å²) in [6.45, 7) is 5.15. The fourth-order valence-corrected chi connectivity index (χ4v) is 3.34. The number of piperidine rings is 1. The van der Waals surface area contributed by atoms with E-state index >= 15 is 0 Å². The fourth-order valence-electron chi connectivity index (χ4n) is 3.34. The lowest BCUT2D eigenvalue weighted by molar-refractivity contribution is 0.0734. The molecule has 0 saturated carbocycles. The highest BCUT2D eigenvalue weighted by atomic mass is 16.6. The molecule has 1 aliphatic rings. The summed E-state index contributed by atoms with van der Waals surface area (Å²) < 4.78 is 5.61. The van der Waals surface area contributed by atoms with Gasteiger partial charge in [-0.2, -0.15) is 0 Å². The molecule has 1 N–H and O–H groups in total. The van der Waals surface area contributed by atoms with Crippen molar-refractivity contribution >= 4 is 16.9 Å². The summed E-state index contributed by atoms with van der Waals surface area (Å²) in [5, 5.41) is 5.73. The molecule has 1 saturated heterocycles. The number of fused-ring (bicyclic) bond motifs is 1. The van der Waals surface area contributed by atoms with Crippen LogP contribution in [0.2, 0.25) is 0 Å². The lowest BCUT2D eigenvalue weighted by atomic mass is 10.1. The Bertz CT molecular complexity index is 680. The molecule has 2 aromatic carbocycles. The SMILES string of the molecule is CCCN(C(=O)OCc1ccc2ccccc2c1)C1CCNCC1. The van der Waals surface area contributed by atoms with Crippen molar-refractivity contribution in [2.24, 2.45) is 0 Å². The maximum atomic E-state index is 12.6. The van der Waals surface area contributed by atoms with Crippen molar-refractivity contribution in [3.63, 3.8) is 0 Å². The minimum Gasteiger partial charge on any atom is -0.445 e. The first-order chi connectivity index (χ1) is 11.8. The van der Waals surface area contributed by atoms with E-state index in [-0.39, 0.29) is 6.09 Å². The lowest BCUT2D eigenvalue weighted by Crippen LogP contribution is -2.46. The van der Waals surface area contributed by atoms with Gasteiger partial charge in [0, 0.05) is 12.6 Å². The summed E-state index contributed by atoms with van der Waals surface area (Å²) in [5.74, 6) is 0. The van der Waals surface area contributed by atoms with Crippen LogP contribution in [0.5, 0.6) is 0 Å². The number of carbonyl (C=O) groups excluding carboxylic acids is 1. The third-order valence-corrected chi connectivity index (χ3v) is 4.62. The van der Waals surface area contributed by atoms with Crippen molar-refractivity contribution < 1.29 is 9.53 Å². The average Bonchev–Trinajstić information content (AvgIpc) is 2.64. The van der Waals surface area contributed by atoms with Gasteiger partial charge in [-0.15, -0.1) is 0 Å². The molecular formula is C20H26N2O2. The van der Waals surface area contributed by atoms with Crippen molar-refractivity contribution in [2.45, 2.75) is 38.8 Å². The zero-order chi connectivity index (χ0) is 16.8. The highest BCUT2D eigenvalue weighted by Crippen LogP contribution is 2.18. The highest BCUT2D eigenvalue weighted by molar-refractivity contribution is 5.83. The van der Waals surface area contributed by atoms with Gasteiger partial charge in [0.05, 0.1) is 0 Å². The first-order valence-corrected chi connectivity index (χ1v) is 8.89. The normalized spacial score (nSPS) is 15.4. The van der Waals surface area contributed by atoms with Crippen LogP contribution in [0, 0.1) is 0 Å². The predicted molar refractivity (Wildman–Crippen MR) is 97.0 cm³/mol. The number of rotatable bonds is 5. The Morgan fingerprint density at radius 2 is 1.92 bits per heavy atom. The van der Waals surface area contributed by atoms with E-state index in [9.17, 15) is 4.79 Å². The number of hydrogen-bond donors (Lipinski definition) is 1. The van der Waals surface area contributed by atoms with Crippen molar-refractivity contribution in [3.8, 4) is 0 Å². The molecule has 2 aromatic rings. The van der Waals surface area contributed by atoms with Crippen LogP contribution in [-0.4, -0.2) is 36.7 Å². The largest absolute Gasteiger partial charge is 0.445 e. The molecule has 0 bridgehead atoms. The summed E-state index contributed by atoms with van der Waals surface area (Å²) in [5.41, 5.74) is 1.03. The Hall–Kier alpha value is -2.07. The van der Waals surface area contributed by atoms with Crippen molar-refractivity contribution in [2.75, 3.05) is 19.6 Å². The number of ether oxygens (including phenoxy) is 1. The molecule has 4 heteroatoms. The molecule has 1 fully saturated rings. The molecule has 128 valence electrons. The Morgan fingerprint density at radius 1 is 1.17 bits per heavy atom. The summed E-state index contributed by atoms with van der Waals surface area (Å²) in [6, 6.07) is 14.7. The maximum Gasteiger partial charge on any atom is 0.410 e. The molecule has 0 aromatic heterocycles. The Morgan fingerprint density at radius 3 is 2.67 bits per heavy atom. The van der Waals surface area contributed by atoms with Gasteiger partial charge in [0.15, 0.2) is 0 Å². The molecule has 3 rings (SSSR count). The third-order valence-electron chi connectivity index (χ3n) is 4.62. The predicted octanol–water partition coefficient (Wildman–Crippen LogP) is 3.94. The molecule has 0 radical (unpaired) electrons. The van der Waals surface area contributed by atoms with Crippen LogP contribution < -0.4 is 5.32 Å². The molecule has 0 spiro atoms. The lowest BCUT2D eigenvalue weighted by Gasteiger charge is -2.33. The minimum absolute atomic E-state index is 0.183. The number of carbonyl (C=O) groups is 1. The molecule has 4 nitrogen and oxygen atoms in total. The average molecular weight is 326 g/mol. The number of nitrogens with zero attached hydrogens (tertiary/aromatic N) is 1. The minimum atomic E-state index is -0.183. The highest BCUT2D eigenvalue weighted by Gasteiger charge is 2.25. The van der Waals surface area contributed by atoms with Gasteiger partial charge in [-0.3, -0.25) is 0 Å². The number of hydrogen-bond acceptors (Lipinski definition) is 3. The summed E-state index contributed by atoms with van der Waals surface area (Å²) in [7, 11) is 0. The van der Waals surface area contributed by atoms with Gasteiger partial charge in [-0.25, -0.2) is 4.79 Å². The van der Waals surface area contributed by atoms with E-state index in [0.29, 0.717) is 12.6 Å². The smallest absolute Gasteiger partial charge is 0.410 e. The number of benzene rings is 2. The second kappa shape index (κ2) is 8.15. The molecule has 0 unspecified atom stereocenters. The van der Waals surface area contributed by atoms with Crippen LogP contribution in [0.1, 0.15) is 31.7 Å². The number of amides is 1. The number of nitrogens with one attached hydrogen (secondary N) is 1. The quantitative estimate of drug-likeness (QED) is 0.905.